The third-order valence-corrected chi connectivity index (χ3v) is 12.1. The van der Waals surface area contributed by atoms with Crippen LogP contribution in [0.1, 0.15) is 22.9 Å². The van der Waals surface area contributed by atoms with E-state index in [1.165, 1.54) is 65.5 Å². The highest BCUT2D eigenvalue weighted by Gasteiger charge is 2.21. The van der Waals surface area contributed by atoms with Crippen LogP contribution >= 0.6 is 0 Å². The van der Waals surface area contributed by atoms with Crippen molar-refractivity contribution in [3.63, 3.8) is 0 Å². The van der Waals surface area contributed by atoms with Gasteiger partial charge in [-0.05, 0) is 99.3 Å². The van der Waals surface area contributed by atoms with Crippen molar-refractivity contribution in [2.45, 2.75) is 6.17 Å². The first-order chi connectivity index (χ1) is 29.7. The second-order valence-electron chi connectivity index (χ2n) is 15.7. The second-order valence-corrected chi connectivity index (χ2v) is 15.7. The molecular formula is C56H38N4. The summed E-state index contributed by atoms with van der Waals surface area (Å²) < 4.78 is 4.88. The number of aromatic nitrogens is 2. The average Bonchev–Trinajstić information content (AvgIpc) is 3.83. The minimum atomic E-state index is -0.200. The van der Waals surface area contributed by atoms with Gasteiger partial charge in [-0.15, -0.1) is 0 Å². The smallest absolute Gasteiger partial charge is 0.145 e. The normalized spacial score (nSPS) is 14.2. The molecule has 0 bridgehead atoms. The van der Waals surface area contributed by atoms with Crippen molar-refractivity contribution in [2.24, 2.45) is 4.99 Å². The van der Waals surface area contributed by atoms with Gasteiger partial charge >= 0.3 is 0 Å². The second kappa shape index (κ2) is 13.9. The van der Waals surface area contributed by atoms with Gasteiger partial charge in [0.2, 0.25) is 0 Å². The van der Waals surface area contributed by atoms with E-state index >= 15 is 0 Å². The first-order valence-electron chi connectivity index (χ1n) is 20.6. The maximum atomic E-state index is 5.17. The van der Waals surface area contributed by atoms with E-state index in [9.17, 15) is 0 Å². The van der Waals surface area contributed by atoms with E-state index < -0.39 is 0 Å². The molecule has 0 radical (unpaired) electrons. The lowest BCUT2D eigenvalue weighted by Gasteiger charge is -2.25. The molecule has 9 aromatic carbocycles. The number of nitrogens with zero attached hydrogens (tertiary/aromatic N) is 3. The van der Waals surface area contributed by atoms with E-state index in [4.69, 9.17) is 4.99 Å². The summed E-state index contributed by atoms with van der Waals surface area (Å²) in [6, 6.07) is 76.6. The third kappa shape index (κ3) is 5.65. The standard InChI is InChI=1S/C56H38N4/c1-4-15-37(16-5-1)41-21-14-22-44(32-41)59-52-25-12-10-23-46(52)48-34-49-47-24-11-13-26-53(47)60(55(49)36-54(48)59)45-30-29-38-27-28-42(31-43(38)33-45)51-35-50(39-17-6-2-7-18-39)57-56(58-51)40-19-8-3-9-20-40/h1-36,56,58H. The van der Waals surface area contributed by atoms with Crippen LogP contribution in [0.3, 0.4) is 0 Å². The van der Waals surface area contributed by atoms with Crippen LogP contribution < -0.4 is 5.32 Å². The minimum absolute atomic E-state index is 0.200. The van der Waals surface area contributed by atoms with Gasteiger partial charge in [0.05, 0.1) is 27.8 Å². The third-order valence-electron chi connectivity index (χ3n) is 12.1. The summed E-state index contributed by atoms with van der Waals surface area (Å²) in [6.07, 6.45) is 1.99. The van der Waals surface area contributed by atoms with Crippen molar-refractivity contribution in [3.05, 3.63) is 235 Å². The average molecular weight is 767 g/mol. The Balaban J connectivity index is 1.03. The minimum Gasteiger partial charge on any atom is -0.360 e. The van der Waals surface area contributed by atoms with Gasteiger partial charge in [0.15, 0.2) is 0 Å². The summed E-state index contributed by atoms with van der Waals surface area (Å²) in [5.74, 6) is 0. The molecule has 0 saturated heterocycles. The van der Waals surface area contributed by atoms with E-state index in [2.05, 4.69) is 233 Å². The Morgan fingerprint density at radius 2 is 0.950 bits per heavy atom. The zero-order chi connectivity index (χ0) is 39.6. The van der Waals surface area contributed by atoms with Crippen LogP contribution in [0.25, 0.3) is 82.6 Å². The molecule has 0 fully saturated rings. The van der Waals surface area contributed by atoms with Gasteiger partial charge in [0.1, 0.15) is 6.17 Å². The molecule has 1 N–H and O–H groups in total. The Labute approximate surface area is 347 Å². The van der Waals surface area contributed by atoms with Gasteiger partial charge in [0, 0.05) is 38.6 Å². The lowest BCUT2D eigenvalue weighted by atomic mass is 9.99. The lowest BCUT2D eigenvalue weighted by Crippen LogP contribution is -2.24. The van der Waals surface area contributed by atoms with E-state index in [1.807, 2.05) is 0 Å². The Hall–Kier alpha value is -7.95. The molecular weight excluding hydrogens is 729 g/mol. The molecule has 12 rings (SSSR count). The number of rotatable bonds is 6. The first kappa shape index (κ1) is 34.1. The van der Waals surface area contributed by atoms with Gasteiger partial charge in [-0.25, -0.2) is 0 Å². The zero-order valence-electron chi connectivity index (χ0n) is 32.7. The number of benzene rings is 9. The van der Waals surface area contributed by atoms with E-state index in [-0.39, 0.29) is 6.17 Å². The summed E-state index contributed by atoms with van der Waals surface area (Å²) in [4.78, 5) is 5.17. The topological polar surface area (TPSA) is 34.2 Å². The SMILES string of the molecule is C1=C(c2ccc3ccc(-n4c5ccccc5c5cc6c7ccccc7n(-c7cccc(-c8ccccc8)c7)c6cc54)cc3c2)NC(c2ccccc2)N=C1c1ccccc1. The van der Waals surface area contributed by atoms with Crippen LogP contribution in [0.15, 0.2) is 223 Å². The Kier molecular flexibility index (Phi) is 7.88. The zero-order valence-corrected chi connectivity index (χ0v) is 32.7. The molecule has 1 unspecified atom stereocenters. The molecule has 0 spiro atoms. The van der Waals surface area contributed by atoms with Gasteiger partial charge in [-0.2, -0.15) is 0 Å². The highest BCUT2D eigenvalue weighted by atomic mass is 15.1. The quantitative estimate of drug-likeness (QED) is 0.180. The highest BCUT2D eigenvalue weighted by Crippen LogP contribution is 2.40. The lowest BCUT2D eigenvalue weighted by molar-refractivity contribution is 0.664. The summed E-state index contributed by atoms with van der Waals surface area (Å²) in [5, 5.41) is 11.1. The summed E-state index contributed by atoms with van der Waals surface area (Å²) in [6.45, 7) is 0. The fourth-order valence-corrected chi connectivity index (χ4v) is 9.24. The molecule has 0 saturated carbocycles. The number of nitrogens with one attached hydrogen (secondary N) is 1. The van der Waals surface area contributed by atoms with Gasteiger partial charge in [-0.1, -0.05) is 158 Å². The molecule has 1 aliphatic rings. The van der Waals surface area contributed by atoms with Crippen LogP contribution in [0.4, 0.5) is 0 Å². The van der Waals surface area contributed by atoms with Crippen molar-refractivity contribution in [1.29, 1.82) is 0 Å². The van der Waals surface area contributed by atoms with Crippen LogP contribution in [-0.2, 0) is 0 Å². The van der Waals surface area contributed by atoms with Gasteiger partial charge < -0.3 is 14.5 Å². The molecule has 0 aliphatic carbocycles. The number of aliphatic imine (C=N–C) groups is 1. The molecule has 4 nitrogen and oxygen atoms in total. The molecule has 11 aromatic rings. The summed E-state index contributed by atoms with van der Waals surface area (Å²) >= 11 is 0. The molecule has 1 atom stereocenters. The van der Waals surface area contributed by atoms with Crippen molar-refractivity contribution < 1.29 is 0 Å². The van der Waals surface area contributed by atoms with E-state index in [1.54, 1.807) is 0 Å². The van der Waals surface area contributed by atoms with Crippen LogP contribution in [0, 0.1) is 0 Å². The van der Waals surface area contributed by atoms with E-state index in [0.29, 0.717) is 0 Å². The number of fused-ring (bicyclic) bond motifs is 7. The molecule has 0 amide bonds. The maximum absolute atomic E-state index is 5.17. The monoisotopic (exact) mass is 766 g/mol. The van der Waals surface area contributed by atoms with Crippen molar-refractivity contribution in [1.82, 2.24) is 14.5 Å². The molecule has 1 aliphatic heterocycles. The molecule has 282 valence electrons. The Morgan fingerprint density at radius 1 is 0.367 bits per heavy atom. The van der Waals surface area contributed by atoms with E-state index in [0.717, 1.165) is 39.5 Å². The van der Waals surface area contributed by atoms with Crippen LogP contribution in [-0.4, -0.2) is 14.8 Å². The van der Waals surface area contributed by atoms with Gasteiger partial charge in [-0.3, -0.25) is 4.99 Å². The fourth-order valence-electron chi connectivity index (χ4n) is 9.24. The summed E-state index contributed by atoms with van der Waals surface area (Å²) in [5.41, 5.74) is 14.8. The summed E-state index contributed by atoms with van der Waals surface area (Å²) in [7, 11) is 0. The fraction of sp³-hybridized carbons (Fsp3) is 0.0179. The van der Waals surface area contributed by atoms with Crippen molar-refractivity contribution >= 4 is 65.8 Å². The molecule has 2 aromatic heterocycles. The number of hydrogen-bond donors (Lipinski definition) is 1. The van der Waals surface area contributed by atoms with Crippen molar-refractivity contribution in [3.8, 4) is 22.5 Å². The number of hydrogen-bond acceptors (Lipinski definition) is 2. The first-order valence-corrected chi connectivity index (χ1v) is 20.6. The maximum Gasteiger partial charge on any atom is 0.145 e. The molecule has 3 heterocycles. The Morgan fingerprint density at radius 3 is 1.65 bits per heavy atom. The largest absolute Gasteiger partial charge is 0.360 e. The van der Waals surface area contributed by atoms with Crippen molar-refractivity contribution in [2.75, 3.05) is 0 Å². The van der Waals surface area contributed by atoms with Crippen LogP contribution in [0.2, 0.25) is 0 Å². The molecule has 60 heavy (non-hydrogen) atoms. The number of allylic oxidation sites excluding steroid dienone is 1. The Bertz CT molecular complexity index is 3500. The predicted octanol–water partition coefficient (Wildman–Crippen LogP) is 13.8. The number of para-hydroxylation sites is 2. The van der Waals surface area contributed by atoms with Gasteiger partial charge in [0.25, 0.3) is 0 Å². The molecule has 4 heteroatoms. The highest BCUT2D eigenvalue weighted by molar-refractivity contribution is 6.19. The van der Waals surface area contributed by atoms with Crippen LogP contribution in [0.5, 0.6) is 0 Å². The predicted molar refractivity (Wildman–Crippen MR) is 251 cm³/mol.